The molecule has 2 N–H and O–H groups in total. The Balaban J connectivity index is 1.55. The van der Waals surface area contributed by atoms with Crippen molar-refractivity contribution in [1.29, 1.82) is 0 Å². The van der Waals surface area contributed by atoms with E-state index in [1.165, 1.54) is 0 Å². The molecule has 1 aromatic heterocycles. The number of amides is 3. The van der Waals surface area contributed by atoms with Crippen molar-refractivity contribution in [3.05, 3.63) is 53.7 Å². The molecule has 2 heterocycles. The van der Waals surface area contributed by atoms with E-state index in [-0.39, 0.29) is 17.7 Å². The highest BCUT2D eigenvalue weighted by atomic mass is 16.6. The van der Waals surface area contributed by atoms with Gasteiger partial charge in [0.05, 0.1) is 0 Å². The number of carbonyl (C=O) groups is 3. The molecule has 170 valence electrons. The molecule has 8 heteroatoms. The molecule has 3 rings (SSSR count). The monoisotopic (exact) mass is 438 g/mol. The number of pyridine rings is 1. The summed E-state index contributed by atoms with van der Waals surface area (Å²) in [7, 11) is 0. The number of benzene rings is 1. The normalized spacial score (nSPS) is 14.6. The van der Waals surface area contributed by atoms with Crippen LogP contribution < -0.4 is 10.6 Å². The lowest BCUT2D eigenvalue weighted by atomic mass is 9.95. The number of hydrogen-bond acceptors (Lipinski definition) is 5. The lowest BCUT2D eigenvalue weighted by Gasteiger charge is -2.31. The second-order valence-electron chi connectivity index (χ2n) is 8.98. The summed E-state index contributed by atoms with van der Waals surface area (Å²) < 4.78 is 5.25. The quantitative estimate of drug-likeness (QED) is 0.744. The maximum atomic E-state index is 12.9. The number of piperidine rings is 1. The highest BCUT2D eigenvalue weighted by Gasteiger charge is 2.28. The molecule has 0 atom stereocenters. The molecule has 1 aromatic carbocycles. The number of carbonyl (C=O) groups excluding carboxylic acids is 3. The maximum absolute atomic E-state index is 12.9. The van der Waals surface area contributed by atoms with Crippen LogP contribution in [0.5, 0.6) is 0 Å². The predicted octanol–water partition coefficient (Wildman–Crippen LogP) is 4.23. The third kappa shape index (κ3) is 6.54. The molecule has 1 aliphatic heterocycles. The zero-order valence-electron chi connectivity index (χ0n) is 19.0. The number of nitrogens with zero attached hydrogens (tertiary/aromatic N) is 2. The Morgan fingerprint density at radius 1 is 1.06 bits per heavy atom. The third-order valence-corrected chi connectivity index (χ3v) is 5.07. The molecule has 0 saturated carbocycles. The number of nitrogens with one attached hydrogen (secondary N) is 2. The molecule has 0 radical (unpaired) electrons. The number of aryl methyl sites for hydroxylation is 1. The molecule has 0 bridgehead atoms. The van der Waals surface area contributed by atoms with Crippen molar-refractivity contribution in [2.24, 2.45) is 5.92 Å². The summed E-state index contributed by atoms with van der Waals surface area (Å²) in [5, 5.41) is 5.52. The van der Waals surface area contributed by atoms with E-state index >= 15 is 0 Å². The summed E-state index contributed by atoms with van der Waals surface area (Å²) in [6.07, 6.45) is 2.26. The minimum Gasteiger partial charge on any atom is -0.444 e. The maximum Gasteiger partial charge on any atom is 0.412 e. The van der Waals surface area contributed by atoms with Gasteiger partial charge in [-0.2, -0.15) is 0 Å². The van der Waals surface area contributed by atoms with Gasteiger partial charge in [0.15, 0.2) is 0 Å². The average molecular weight is 439 g/mol. The Kier molecular flexibility index (Phi) is 7.12. The molecule has 32 heavy (non-hydrogen) atoms. The number of likely N-dealkylation sites (tertiary alicyclic amines) is 1. The van der Waals surface area contributed by atoms with Crippen LogP contribution in [0.15, 0.2) is 42.6 Å². The van der Waals surface area contributed by atoms with E-state index in [9.17, 15) is 14.4 Å². The van der Waals surface area contributed by atoms with Gasteiger partial charge in [-0.1, -0.05) is 6.07 Å². The Morgan fingerprint density at radius 3 is 2.44 bits per heavy atom. The largest absolute Gasteiger partial charge is 0.444 e. The summed E-state index contributed by atoms with van der Waals surface area (Å²) in [6.45, 7) is 8.28. The van der Waals surface area contributed by atoms with E-state index in [0.717, 1.165) is 5.56 Å². The minimum atomic E-state index is -0.608. The second-order valence-corrected chi connectivity index (χ2v) is 8.98. The summed E-state index contributed by atoms with van der Waals surface area (Å²) in [5.74, 6) is 0.181. The van der Waals surface area contributed by atoms with Crippen LogP contribution in [0, 0.1) is 12.8 Å². The predicted molar refractivity (Wildman–Crippen MR) is 123 cm³/mol. The fourth-order valence-corrected chi connectivity index (χ4v) is 3.51. The van der Waals surface area contributed by atoms with Crippen molar-refractivity contribution >= 4 is 29.4 Å². The summed E-state index contributed by atoms with van der Waals surface area (Å²) >= 11 is 0. The van der Waals surface area contributed by atoms with E-state index in [1.54, 1.807) is 56.1 Å². The van der Waals surface area contributed by atoms with Crippen LogP contribution in [0.25, 0.3) is 0 Å². The van der Waals surface area contributed by atoms with Crippen LogP contribution in [0.2, 0.25) is 0 Å². The van der Waals surface area contributed by atoms with Crippen LogP contribution in [0.1, 0.15) is 49.5 Å². The van der Waals surface area contributed by atoms with E-state index in [0.29, 0.717) is 43.0 Å². The molecule has 0 aliphatic carbocycles. The molecule has 8 nitrogen and oxygen atoms in total. The third-order valence-electron chi connectivity index (χ3n) is 5.07. The molecule has 0 spiro atoms. The van der Waals surface area contributed by atoms with Gasteiger partial charge in [0.1, 0.15) is 11.4 Å². The fraction of sp³-hybridized carbons (Fsp3) is 0.417. The van der Waals surface area contributed by atoms with Gasteiger partial charge in [0.2, 0.25) is 5.91 Å². The van der Waals surface area contributed by atoms with Gasteiger partial charge in [0.25, 0.3) is 5.91 Å². The first-order chi connectivity index (χ1) is 15.1. The van der Waals surface area contributed by atoms with Crippen LogP contribution >= 0.6 is 0 Å². The average Bonchev–Trinajstić information content (AvgIpc) is 2.72. The second kappa shape index (κ2) is 9.80. The SMILES string of the molecule is Cc1ccnc(NC(=O)C2CCN(C(=O)c3cccc(NC(=O)OC(C)(C)C)c3)CC2)c1. The number of hydrogen-bond donors (Lipinski definition) is 2. The van der Waals surface area contributed by atoms with Gasteiger partial charge >= 0.3 is 6.09 Å². The molecule has 0 unspecified atom stereocenters. The smallest absolute Gasteiger partial charge is 0.412 e. The van der Waals surface area contributed by atoms with Crippen molar-refractivity contribution in [3.8, 4) is 0 Å². The van der Waals surface area contributed by atoms with Crippen LogP contribution in [-0.4, -0.2) is 46.5 Å². The van der Waals surface area contributed by atoms with Crippen molar-refractivity contribution in [1.82, 2.24) is 9.88 Å². The van der Waals surface area contributed by atoms with Crippen LogP contribution in [0.4, 0.5) is 16.3 Å². The van der Waals surface area contributed by atoms with Gasteiger partial charge in [-0.3, -0.25) is 14.9 Å². The molecule has 2 aromatic rings. The topological polar surface area (TPSA) is 101 Å². The molecular weight excluding hydrogens is 408 g/mol. The molecule has 1 fully saturated rings. The van der Waals surface area contributed by atoms with Crippen molar-refractivity contribution in [3.63, 3.8) is 0 Å². The van der Waals surface area contributed by atoms with Gasteiger partial charge < -0.3 is 15.0 Å². The van der Waals surface area contributed by atoms with E-state index in [2.05, 4.69) is 15.6 Å². The van der Waals surface area contributed by atoms with E-state index < -0.39 is 11.7 Å². The first-order valence-electron chi connectivity index (χ1n) is 10.7. The fourth-order valence-electron chi connectivity index (χ4n) is 3.51. The Morgan fingerprint density at radius 2 is 1.78 bits per heavy atom. The lowest BCUT2D eigenvalue weighted by Crippen LogP contribution is -2.41. The zero-order valence-corrected chi connectivity index (χ0v) is 19.0. The van der Waals surface area contributed by atoms with Crippen molar-refractivity contribution in [2.75, 3.05) is 23.7 Å². The number of ether oxygens (including phenoxy) is 1. The lowest BCUT2D eigenvalue weighted by molar-refractivity contribution is -0.121. The van der Waals surface area contributed by atoms with Crippen molar-refractivity contribution < 1.29 is 19.1 Å². The molecule has 1 aliphatic rings. The number of aromatic nitrogens is 1. The Bertz CT molecular complexity index is 991. The molecule has 3 amide bonds. The first-order valence-corrected chi connectivity index (χ1v) is 10.7. The molecule has 1 saturated heterocycles. The standard InChI is InChI=1S/C24H30N4O4/c1-16-8-11-25-20(14-16)27-21(29)17-9-12-28(13-10-17)22(30)18-6-5-7-19(15-18)26-23(31)32-24(2,3)4/h5-8,11,14-15,17H,9-10,12-13H2,1-4H3,(H,26,31)(H,25,27,29). The minimum absolute atomic E-state index is 0.0706. The van der Waals surface area contributed by atoms with Crippen LogP contribution in [0.3, 0.4) is 0 Å². The van der Waals surface area contributed by atoms with Gasteiger partial charge in [-0.15, -0.1) is 0 Å². The van der Waals surface area contributed by atoms with Gasteiger partial charge in [0, 0.05) is 36.5 Å². The number of rotatable bonds is 4. The van der Waals surface area contributed by atoms with E-state index in [1.807, 2.05) is 19.1 Å². The Labute approximate surface area is 188 Å². The van der Waals surface area contributed by atoms with Gasteiger partial charge in [-0.25, -0.2) is 9.78 Å². The highest BCUT2D eigenvalue weighted by Crippen LogP contribution is 2.22. The summed E-state index contributed by atoms with van der Waals surface area (Å²) in [6, 6.07) is 10.5. The van der Waals surface area contributed by atoms with Crippen LogP contribution in [-0.2, 0) is 9.53 Å². The first kappa shape index (κ1) is 23.2. The molecular formula is C24H30N4O4. The number of anilines is 2. The Hall–Kier alpha value is -3.42. The zero-order chi connectivity index (χ0) is 23.3. The highest BCUT2D eigenvalue weighted by molar-refractivity contribution is 5.97. The van der Waals surface area contributed by atoms with Gasteiger partial charge in [-0.05, 0) is 76.4 Å². The summed E-state index contributed by atoms with van der Waals surface area (Å²) in [5.41, 5.74) is 1.39. The van der Waals surface area contributed by atoms with E-state index in [4.69, 9.17) is 4.74 Å². The van der Waals surface area contributed by atoms with Crippen molar-refractivity contribution in [2.45, 2.75) is 46.1 Å². The summed E-state index contributed by atoms with van der Waals surface area (Å²) in [4.78, 5) is 43.4.